The Balaban J connectivity index is 1.18. The van der Waals surface area contributed by atoms with Crippen molar-refractivity contribution in [1.29, 1.82) is 0 Å². The van der Waals surface area contributed by atoms with Crippen LogP contribution in [-0.2, 0) is 40.7 Å². The molecule has 2 amide bonds. The average Bonchev–Trinajstić information content (AvgIpc) is 3.36. The summed E-state index contributed by atoms with van der Waals surface area (Å²) in [6.45, 7) is 16.0. The van der Waals surface area contributed by atoms with Gasteiger partial charge in [0.1, 0.15) is 39.8 Å². The molecule has 0 bridgehead atoms. The highest BCUT2D eigenvalue weighted by molar-refractivity contribution is 7.96. The van der Waals surface area contributed by atoms with Crippen LogP contribution in [0, 0.1) is 0 Å². The van der Waals surface area contributed by atoms with Gasteiger partial charge in [-0.2, -0.15) is 8.83 Å². The molecule has 6 rings (SSSR count). The number of para-hydroxylation sites is 1. The summed E-state index contributed by atoms with van der Waals surface area (Å²) in [5.74, 6) is -0.705. The summed E-state index contributed by atoms with van der Waals surface area (Å²) in [6.07, 6.45) is 2.88. The van der Waals surface area contributed by atoms with Crippen molar-refractivity contribution >= 4 is 55.0 Å². The highest BCUT2D eigenvalue weighted by atomic mass is 32.2. The Bertz CT molecular complexity index is 2940. The van der Waals surface area contributed by atoms with Gasteiger partial charge in [0.05, 0.1) is 43.2 Å². The number of hydrogen-bond acceptors (Lipinski definition) is 15. The third-order valence-electron chi connectivity index (χ3n) is 14.6. The molecule has 4 aromatic rings. The molecule has 0 fully saturated rings. The number of aliphatic hydroxyl groups excluding tert-OH is 2. The highest BCUT2D eigenvalue weighted by Crippen LogP contribution is 2.47. The van der Waals surface area contributed by atoms with Crippen molar-refractivity contribution in [3.05, 3.63) is 101 Å². The largest absolute Gasteiger partial charge is 0.506 e. The number of phenolic OH excluding ortho intramolecular Hbond substituents is 2. The molecule has 76 heavy (non-hydrogen) atoms. The van der Waals surface area contributed by atoms with Crippen molar-refractivity contribution in [2.45, 2.75) is 141 Å². The fourth-order valence-electron chi connectivity index (χ4n) is 10.2. The predicted molar refractivity (Wildman–Crippen MR) is 295 cm³/mol. The minimum atomic E-state index is -4.69. The number of aliphatic hydroxyl groups is 2. The van der Waals surface area contributed by atoms with E-state index in [0.717, 1.165) is 53.9 Å². The maximum atomic E-state index is 13.8. The van der Waals surface area contributed by atoms with E-state index in [2.05, 4.69) is 24.5 Å². The Morgan fingerprint density at radius 3 is 1.49 bits per heavy atom. The Labute approximate surface area is 448 Å². The molecule has 2 heterocycles. The summed E-state index contributed by atoms with van der Waals surface area (Å²) in [5.41, 5.74) is -0.501. The molecule has 0 saturated carbocycles. The van der Waals surface area contributed by atoms with Gasteiger partial charge >= 0.3 is 12.2 Å². The van der Waals surface area contributed by atoms with Crippen molar-refractivity contribution in [3.63, 3.8) is 0 Å². The van der Waals surface area contributed by atoms with Gasteiger partial charge < -0.3 is 45.3 Å². The van der Waals surface area contributed by atoms with E-state index in [-0.39, 0.29) is 37.3 Å². The third-order valence-corrected chi connectivity index (χ3v) is 16.6. The van der Waals surface area contributed by atoms with Crippen LogP contribution in [0.25, 0.3) is 0 Å². The smallest absolute Gasteiger partial charge is 0.415 e. The Kier molecular flexibility index (Phi) is 18.3. The number of sulfonamides is 2. The number of phenols is 2. The van der Waals surface area contributed by atoms with E-state index in [9.17, 15) is 46.9 Å². The number of β-amino-alcohol motifs (C(OH)–C–C–N with tert-alkyl or cyclic N) is 2. The molecule has 19 nitrogen and oxygen atoms in total. The van der Waals surface area contributed by atoms with Gasteiger partial charge in [-0.25, -0.2) is 26.4 Å². The number of aromatic hydroxyl groups is 2. The quantitative estimate of drug-likeness (QED) is 0.0321. The molecule has 2 atom stereocenters. The first-order valence-electron chi connectivity index (χ1n) is 25.9. The van der Waals surface area contributed by atoms with Crippen LogP contribution < -0.4 is 34.0 Å². The monoisotopic (exact) mass is 1090 g/mol. The molecule has 418 valence electrons. The van der Waals surface area contributed by atoms with E-state index in [4.69, 9.17) is 14.2 Å². The average molecular weight is 1100 g/mol. The number of amides is 2. The molecule has 0 aliphatic carbocycles. The Morgan fingerprint density at radius 2 is 1.07 bits per heavy atom. The van der Waals surface area contributed by atoms with E-state index < -0.39 is 89.6 Å². The number of hydrazine groups is 1. The zero-order valence-electron chi connectivity index (χ0n) is 45.7. The van der Waals surface area contributed by atoms with Crippen molar-refractivity contribution in [2.75, 3.05) is 64.4 Å². The van der Waals surface area contributed by atoms with Crippen molar-refractivity contribution in [3.8, 4) is 17.2 Å². The fraction of sp³-hybridized carbons (Fsp3) is 0.527. The summed E-state index contributed by atoms with van der Waals surface area (Å²) in [5, 5.41) is 52.3. The minimum absolute atomic E-state index is 0.0818. The molecular formula is C55H78N6O13S2. The number of cyclic esters (lactones) is 2. The number of ether oxygens (including phenoxy) is 3. The van der Waals surface area contributed by atoms with Gasteiger partial charge in [-0.15, -0.1) is 0 Å². The number of hydrogen-bond donors (Lipinski definition) is 6. The van der Waals surface area contributed by atoms with Crippen molar-refractivity contribution < 1.29 is 61.1 Å². The van der Waals surface area contributed by atoms with E-state index in [1.807, 2.05) is 77.9 Å². The highest BCUT2D eigenvalue weighted by Gasteiger charge is 2.45. The maximum Gasteiger partial charge on any atom is 0.415 e. The molecule has 0 saturated heterocycles. The van der Waals surface area contributed by atoms with Gasteiger partial charge in [0, 0.05) is 48.4 Å². The van der Waals surface area contributed by atoms with Crippen LogP contribution in [0.4, 0.5) is 32.3 Å². The standard InChI is InChI=1S/C55H78N6O13S2/c1-12-26-55(27-13-2)40-18-16-17-19-42(40)58(51(67)74-55)30-28-52(5,6)56-35-48(64)37-20-24-46(62)44(32-37)60(75(10,68)69)61(76(11,70)71)45-33-38(21-25-47(45)63)49(65)36-57-53(7,8)29-31-59-43-23-22-39(72-9)34-41(43)54(14-3,15-4)73-50(59)66/h16-25,32-34,48-49,56-57,62-65H,12-15,26-31,35-36H2,1-11H3. The molecular weight excluding hydrogens is 1020 g/mol. The van der Waals surface area contributed by atoms with Gasteiger partial charge in [0.25, 0.3) is 20.0 Å². The zero-order chi connectivity index (χ0) is 56.2. The summed E-state index contributed by atoms with van der Waals surface area (Å²) in [6, 6.07) is 20.5. The molecule has 4 aromatic carbocycles. The fourth-order valence-corrected chi connectivity index (χ4v) is 12.6. The minimum Gasteiger partial charge on any atom is -0.506 e. The zero-order valence-corrected chi connectivity index (χ0v) is 47.3. The summed E-state index contributed by atoms with van der Waals surface area (Å²) >= 11 is 0. The second-order valence-electron chi connectivity index (χ2n) is 21.2. The third kappa shape index (κ3) is 12.9. The SMILES string of the molecule is CCCC1(CCC)OC(=O)N(CCC(C)(C)NCC(O)c2ccc(O)c(N(N(c3cc(C(O)CNC(C)(C)CCN4C(=O)OC(CC)(CC)c5cc(OC)ccc54)ccc3O)S(C)(=O)=O)S(C)(=O)=O)c2)c2ccccc21. The Morgan fingerprint density at radius 1 is 0.632 bits per heavy atom. The Hall–Kier alpha value is -5.84. The first-order valence-corrected chi connectivity index (χ1v) is 29.6. The molecule has 2 aliphatic rings. The normalized spacial score (nSPS) is 16.3. The molecule has 6 N–H and O–H groups in total. The second-order valence-corrected chi connectivity index (χ2v) is 24.8. The van der Waals surface area contributed by atoms with Gasteiger partial charge in [-0.3, -0.25) is 9.80 Å². The van der Waals surface area contributed by atoms with Crippen LogP contribution in [-0.4, -0.2) is 106 Å². The molecule has 2 aliphatic heterocycles. The van der Waals surface area contributed by atoms with Gasteiger partial charge in [-0.1, -0.05) is 70.9 Å². The van der Waals surface area contributed by atoms with Crippen LogP contribution >= 0.6 is 0 Å². The van der Waals surface area contributed by atoms with Crippen molar-refractivity contribution in [2.24, 2.45) is 0 Å². The van der Waals surface area contributed by atoms with E-state index >= 15 is 0 Å². The summed E-state index contributed by atoms with van der Waals surface area (Å²) in [4.78, 5) is 30.4. The number of fused-ring (bicyclic) bond motifs is 2. The lowest BCUT2D eigenvalue weighted by Crippen LogP contribution is -2.50. The molecule has 0 spiro atoms. The predicted octanol–water partition coefficient (Wildman–Crippen LogP) is 8.96. The summed E-state index contributed by atoms with van der Waals surface area (Å²) < 4.78 is 73.6. The molecule has 2 unspecified atom stereocenters. The van der Waals surface area contributed by atoms with E-state index in [0.29, 0.717) is 71.3 Å². The number of nitrogens with zero attached hydrogens (tertiary/aromatic N) is 4. The first-order chi connectivity index (χ1) is 35.6. The number of anilines is 4. The van der Waals surface area contributed by atoms with Crippen LogP contribution in [0.5, 0.6) is 17.2 Å². The van der Waals surface area contributed by atoms with Crippen LogP contribution in [0.15, 0.2) is 78.9 Å². The second kappa shape index (κ2) is 23.4. The lowest BCUT2D eigenvalue weighted by atomic mass is 9.82. The number of methoxy groups -OCH3 is 1. The van der Waals surface area contributed by atoms with Crippen LogP contribution in [0.3, 0.4) is 0 Å². The van der Waals surface area contributed by atoms with Gasteiger partial charge in [0.2, 0.25) is 0 Å². The number of rotatable bonds is 26. The van der Waals surface area contributed by atoms with Gasteiger partial charge in [-0.05, 0) is 126 Å². The lowest BCUT2D eigenvalue weighted by molar-refractivity contribution is -0.00982. The topological polar surface area (TPSA) is 248 Å². The number of carbonyl (C=O) groups is 2. The lowest BCUT2D eigenvalue weighted by Gasteiger charge is -2.43. The molecule has 0 radical (unpaired) electrons. The van der Waals surface area contributed by atoms with E-state index in [1.54, 1.807) is 23.0 Å². The summed E-state index contributed by atoms with van der Waals surface area (Å²) in [7, 11) is -7.80. The van der Waals surface area contributed by atoms with Gasteiger partial charge in [0.15, 0.2) is 0 Å². The number of benzene rings is 4. The van der Waals surface area contributed by atoms with Crippen LogP contribution in [0.2, 0.25) is 0 Å². The molecule has 21 heteroatoms. The van der Waals surface area contributed by atoms with Crippen molar-refractivity contribution in [1.82, 2.24) is 10.6 Å². The number of nitrogens with one attached hydrogen (secondary N) is 2. The molecule has 0 aromatic heterocycles. The first kappa shape index (κ1) is 59.4. The van der Waals surface area contributed by atoms with E-state index in [1.165, 1.54) is 12.1 Å². The van der Waals surface area contributed by atoms with Crippen LogP contribution in [0.1, 0.15) is 141 Å². The maximum absolute atomic E-state index is 13.8. The number of carbonyl (C=O) groups excluding carboxylic acids is 2.